The molecule has 3 aliphatic rings. The molecule has 2 unspecified atom stereocenters. The fourth-order valence-electron chi connectivity index (χ4n) is 6.97. The van der Waals surface area contributed by atoms with Gasteiger partial charge >= 0.3 is 5.97 Å². The van der Waals surface area contributed by atoms with E-state index in [-0.39, 0.29) is 38.1 Å². The summed E-state index contributed by atoms with van der Waals surface area (Å²) in [7, 11) is 0. The number of rotatable bonds is 12. The number of aliphatic hydroxyl groups excluding tert-OH is 1. The Balaban J connectivity index is 1.76. The fraction of sp³-hybridized carbons (Fsp3) is 0.621. The Morgan fingerprint density at radius 2 is 1.82 bits per heavy atom. The van der Waals surface area contributed by atoms with Gasteiger partial charge in [-0.15, -0.1) is 6.58 Å². The minimum atomic E-state index is -1.16. The van der Waals surface area contributed by atoms with E-state index in [9.17, 15) is 19.5 Å². The van der Waals surface area contributed by atoms with E-state index in [4.69, 9.17) is 9.47 Å². The Bertz CT molecular complexity index is 1060. The van der Waals surface area contributed by atoms with E-state index in [2.05, 4.69) is 25.3 Å². The zero-order chi connectivity index (χ0) is 27.7. The zero-order valence-electron chi connectivity index (χ0n) is 23.0. The van der Waals surface area contributed by atoms with Crippen LogP contribution < -0.4 is 9.80 Å². The molecule has 1 N–H and O–H groups in total. The van der Waals surface area contributed by atoms with Crippen LogP contribution in [0.4, 0.5) is 11.4 Å². The highest BCUT2D eigenvalue weighted by atomic mass is 16.6. The van der Waals surface area contributed by atoms with Crippen molar-refractivity contribution in [3.63, 3.8) is 0 Å². The lowest BCUT2D eigenvalue weighted by atomic mass is 9.65. The molecule has 0 aliphatic carbocycles. The lowest BCUT2D eigenvalue weighted by Crippen LogP contribution is -2.56. The first-order valence-corrected chi connectivity index (χ1v) is 13.8. The average molecular weight is 528 g/mol. The molecule has 0 radical (unpaired) electrons. The van der Waals surface area contributed by atoms with Crippen LogP contribution in [-0.4, -0.2) is 84.4 Å². The van der Waals surface area contributed by atoms with Crippen LogP contribution in [0.5, 0.6) is 0 Å². The maximum absolute atomic E-state index is 14.4. The third-order valence-corrected chi connectivity index (χ3v) is 8.66. The van der Waals surface area contributed by atoms with E-state index in [0.717, 1.165) is 18.8 Å². The third-order valence-electron chi connectivity index (χ3n) is 8.66. The average Bonchev–Trinajstić information content (AvgIpc) is 3.52. The Morgan fingerprint density at radius 3 is 2.37 bits per heavy atom. The number of fused-ring (bicyclic) bond motifs is 1. The Labute approximate surface area is 225 Å². The monoisotopic (exact) mass is 527 g/mol. The number of likely N-dealkylation sites (tertiary alicyclic amines) is 1. The summed E-state index contributed by atoms with van der Waals surface area (Å²) in [5.41, 5.74) is -0.259. The van der Waals surface area contributed by atoms with E-state index >= 15 is 0 Å². The number of benzene rings is 1. The van der Waals surface area contributed by atoms with Crippen molar-refractivity contribution in [1.82, 2.24) is 4.90 Å². The molecule has 2 amide bonds. The molecule has 1 spiro atoms. The SMILES string of the molecule is C=CCN(C(=O)C1N(CCO)C(=O)[C@@H]2[C@@H](C(=O)OCC)[C@@]3(CC)CCC12O3)c1ccc(N(CC)CC)cc1. The van der Waals surface area contributed by atoms with Crippen molar-refractivity contribution >= 4 is 29.2 Å². The van der Waals surface area contributed by atoms with Gasteiger partial charge in [-0.3, -0.25) is 14.4 Å². The number of esters is 1. The van der Waals surface area contributed by atoms with Crippen molar-refractivity contribution in [1.29, 1.82) is 0 Å². The molecule has 5 atom stereocenters. The van der Waals surface area contributed by atoms with Gasteiger partial charge in [0.2, 0.25) is 5.91 Å². The van der Waals surface area contributed by atoms with Gasteiger partial charge in [0, 0.05) is 37.6 Å². The van der Waals surface area contributed by atoms with Crippen molar-refractivity contribution in [2.75, 3.05) is 49.2 Å². The summed E-state index contributed by atoms with van der Waals surface area (Å²) in [6, 6.07) is 6.80. The smallest absolute Gasteiger partial charge is 0.312 e. The van der Waals surface area contributed by atoms with Gasteiger partial charge < -0.3 is 29.3 Å². The number of carbonyl (C=O) groups is 3. The molecule has 3 saturated heterocycles. The van der Waals surface area contributed by atoms with E-state index in [0.29, 0.717) is 24.9 Å². The van der Waals surface area contributed by atoms with Crippen molar-refractivity contribution in [2.45, 2.75) is 64.2 Å². The van der Waals surface area contributed by atoms with Crippen molar-refractivity contribution < 1.29 is 29.0 Å². The van der Waals surface area contributed by atoms with Crippen molar-refractivity contribution in [2.24, 2.45) is 11.8 Å². The van der Waals surface area contributed by atoms with Crippen LogP contribution >= 0.6 is 0 Å². The predicted molar refractivity (Wildman–Crippen MR) is 145 cm³/mol. The minimum Gasteiger partial charge on any atom is -0.466 e. The number of carbonyl (C=O) groups excluding carboxylic acids is 3. The molecule has 0 saturated carbocycles. The molecule has 9 heteroatoms. The van der Waals surface area contributed by atoms with Crippen LogP contribution in [0.25, 0.3) is 0 Å². The molecule has 38 heavy (non-hydrogen) atoms. The molecule has 1 aromatic carbocycles. The van der Waals surface area contributed by atoms with Gasteiger partial charge in [0.05, 0.1) is 24.7 Å². The summed E-state index contributed by atoms with van der Waals surface area (Å²) in [5.74, 6) is -2.70. The molecule has 0 aromatic heterocycles. The summed E-state index contributed by atoms with van der Waals surface area (Å²) in [6.45, 7) is 13.6. The Morgan fingerprint density at radius 1 is 1.16 bits per heavy atom. The standard InChI is InChI=1S/C29H41N3O6/c1-6-17-31(21-13-11-20(12-14-21)30(8-3)9-4)26(35)24-29-16-15-28(7-2,38-29)23(27(36)37-10-5)22(29)25(34)32(24)18-19-33/h6,11-14,22-24,33H,1,7-10,15-19H2,2-5H3/t22-,23-,24?,28+,29?/m0/s1. The van der Waals surface area contributed by atoms with Gasteiger partial charge in [0.25, 0.3) is 5.91 Å². The van der Waals surface area contributed by atoms with Gasteiger partial charge in [0.15, 0.2) is 0 Å². The first-order chi connectivity index (χ1) is 18.3. The fourth-order valence-corrected chi connectivity index (χ4v) is 6.97. The van der Waals surface area contributed by atoms with Gasteiger partial charge in [-0.25, -0.2) is 0 Å². The van der Waals surface area contributed by atoms with Crippen LogP contribution in [0.1, 0.15) is 47.0 Å². The van der Waals surface area contributed by atoms with Gasteiger partial charge in [-0.1, -0.05) is 13.0 Å². The van der Waals surface area contributed by atoms with Crippen molar-refractivity contribution in [3.05, 3.63) is 36.9 Å². The molecule has 9 nitrogen and oxygen atoms in total. The highest BCUT2D eigenvalue weighted by Crippen LogP contribution is 2.64. The number of ether oxygens (including phenoxy) is 2. The summed E-state index contributed by atoms with van der Waals surface area (Å²) in [6.07, 6.45) is 3.23. The number of amides is 2. The van der Waals surface area contributed by atoms with Gasteiger partial charge in [-0.2, -0.15) is 0 Å². The van der Waals surface area contributed by atoms with Gasteiger partial charge in [0.1, 0.15) is 17.6 Å². The van der Waals surface area contributed by atoms with Crippen LogP contribution in [0, 0.1) is 11.8 Å². The zero-order valence-corrected chi connectivity index (χ0v) is 23.0. The molecule has 3 heterocycles. The highest BCUT2D eigenvalue weighted by Gasteiger charge is 2.79. The van der Waals surface area contributed by atoms with E-state index in [1.165, 1.54) is 4.90 Å². The minimum absolute atomic E-state index is 0.0195. The summed E-state index contributed by atoms with van der Waals surface area (Å²) < 4.78 is 12.1. The largest absolute Gasteiger partial charge is 0.466 e. The van der Waals surface area contributed by atoms with Crippen LogP contribution in [-0.2, 0) is 23.9 Å². The maximum atomic E-state index is 14.4. The van der Waals surface area contributed by atoms with E-state index in [1.54, 1.807) is 17.9 Å². The lowest BCUT2D eigenvalue weighted by molar-refractivity contribution is -0.160. The van der Waals surface area contributed by atoms with Crippen LogP contribution in [0.2, 0.25) is 0 Å². The quantitative estimate of drug-likeness (QED) is 0.330. The molecule has 1 aromatic rings. The summed E-state index contributed by atoms with van der Waals surface area (Å²) in [4.78, 5) is 46.7. The van der Waals surface area contributed by atoms with Crippen LogP contribution in [0.15, 0.2) is 36.9 Å². The van der Waals surface area contributed by atoms with E-state index < -0.39 is 35.0 Å². The third kappa shape index (κ3) is 4.20. The summed E-state index contributed by atoms with van der Waals surface area (Å²) >= 11 is 0. The van der Waals surface area contributed by atoms with E-state index in [1.807, 2.05) is 31.2 Å². The number of β-amino-alcohol motifs (C(OH)–C–C–N with tert-alkyl or cyclic N) is 1. The predicted octanol–water partition coefficient (Wildman–Crippen LogP) is 2.76. The molecule has 208 valence electrons. The number of hydrogen-bond donors (Lipinski definition) is 1. The first kappa shape index (κ1) is 28.1. The topological polar surface area (TPSA) is 99.6 Å². The second-order valence-electron chi connectivity index (χ2n) is 10.3. The lowest BCUT2D eigenvalue weighted by Gasteiger charge is -2.36. The molecular formula is C29H41N3O6. The molecule has 3 aliphatic heterocycles. The maximum Gasteiger partial charge on any atom is 0.312 e. The Kier molecular flexibility index (Phi) is 8.18. The van der Waals surface area contributed by atoms with Crippen LogP contribution in [0.3, 0.4) is 0 Å². The molecular weight excluding hydrogens is 486 g/mol. The Hall–Kier alpha value is -2.91. The number of nitrogens with zero attached hydrogens (tertiary/aromatic N) is 3. The molecule has 4 rings (SSSR count). The number of anilines is 2. The number of aliphatic hydroxyl groups is 1. The first-order valence-electron chi connectivity index (χ1n) is 13.8. The second-order valence-corrected chi connectivity index (χ2v) is 10.3. The molecule has 2 bridgehead atoms. The van der Waals surface area contributed by atoms with Gasteiger partial charge in [-0.05, 0) is 64.3 Å². The molecule has 3 fully saturated rings. The van der Waals surface area contributed by atoms with Crippen molar-refractivity contribution in [3.8, 4) is 0 Å². The number of hydrogen-bond acceptors (Lipinski definition) is 7. The second kappa shape index (κ2) is 11.1. The summed E-state index contributed by atoms with van der Waals surface area (Å²) in [5, 5.41) is 9.85. The highest BCUT2D eigenvalue weighted by molar-refractivity contribution is 6.05. The normalized spacial score (nSPS) is 29.3.